The lowest BCUT2D eigenvalue weighted by atomic mass is 10.1. The standard InChI is InChI=1S/C14H10BrClO2/c1-9-8-10(2-5-12(9)15)13-6-3-11(18-13)4-7-14(16)17/h2-8H,1H3/b7-4+. The van der Waals surface area contributed by atoms with Crippen molar-refractivity contribution in [3.05, 3.63) is 52.2 Å². The molecular weight excluding hydrogens is 316 g/mol. The molecule has 0 unspecified atom stereocenters. The molecule has 0 N–H and O–H groups in total. The summed E-state index contributed by atoms with van der Waals surface area (Å²) in [4.78, 5) is 10.6. The molecule has 18 heavy (non-hydrogen) atoms. The molecule has 0 aliphatic carbocycles. The van der Waals surface area contributed by atoms with Crippen molar-refractivity contribution in [2.24, 2.45) is 0 Å². The van der Waals surface area contributed by atoms with Gasteiger partial charge >= 0.3 is 0 Å². The molecule has 4 heteroatoms. The van der Waals surface area contributed by atoms with Crippen molar-refractivity contribution in [3.8, 4) is 11.3 Å². The molecule has 0 amide bonds. The summed E-state index contributed by atoms with van der Waals surface area (Å²) in [6, 6.07) is 9.63. The number of benzene rings is 1. The normalized spacial score (nSPS) is 11.1. The van der Waals surface area contributed by atoms with E-state index in [-0.39, 0.29) is 0 Å². The highest BCUT2D eigenvalue weighted by molar-refractivity contribution is 9.10. The predicted molar refractivity (Wildman–Crippen MR) is 76.5 cm³/mol. The average molecular weight is 326 g/mol. The van der Waals surface area contributed by atoms with Gasteiger partial charge in [0, 0.05) is 16.1 Å². The topological polar surface area (TPSA) is 30.2 Å². The van der Waals surface area contributed by atoms with E-state index in [1.54, 1.807) is 12.1 Å². The Hall–Kier alpha value is -1.32. The molecule has 92 valence electrons. The van der Waals surface area contributed by atoms with Crippen LogP contribution in [0.5, 0.6) is 0 Å². The van der Waals surface area contributed by atoms with Gasteiger partial charge in [-0.3, -0.25) is 4.79 Å². The van der Waals surface area contributed by atoms with Crippen molar-refractivity contribution in [3.63, 3.8) is 0 Å². The SMILES string of the molecule is Cc1cc(-c2ccc(/C=C/C(=O)Cl)o2)ccc1Br. The third-order valence-electron chi connectivity index (χ3n) is 2.45. The third kappa shape index (κ3) is 3.12. The molecule has 1 aromatic heterocycles. The van der Waals surface area contributed by atoms with Gasteiger partial charge in [-0.2, -0.15) is 0 Å². The average Bonchev–Trinajstić information content (AvgIpc) is 2.79. The van der Waals surface area contributed by atoms with Gasteiger partial charge in [0.05, 0.1) is 0 Å². The summed E-state index contributed by atoms with van der Waals surface area (Å²) in [6.45, 7) is 2.02. The van der Waals surface area contributed by atoms with Gasteiger partial charge in [0.25, 0.3) is 0 Å². The highest BCUT2D eigenvalue weighted by Gasteiger charge is 2.05. The maximum absolute atomic E-state index is 10.6. The first-order chi connectivity index (χ1) is 8.56. The number of allylic oxidation sites excluding steroid dienone is 1. The lowest BCUT2D eigenvalue weighted by Crippen LogP contribution is -1.78. The molecule has 2 aromatic rings. The first kappa shape index (κ1) is 13.1. The fourth-order valence-electron chi connectivity index (χ4n) is 1.54. The number of furan rings is 1. The zero-order chi connectivity index (χ0) is 13.1. The number of carbonyl (C=O) groups is 1. The van der Waals surface area contributed by atoms with Crippen LogP contribution < -0.4 is 0 Å². The Bertz CT molecular complexity index is 614. The van der Waals surface area contributed by atoms with Crippen LogP contribution in [-0.4, -0.2) is 5.24 Å². The summed E-state index contributed by atoms with van der Waals surface area (Å²) in [5.74, 6) is 1.35. The molecule has 2 rings (SSSR count). The first-order valence-corrected chi connectivity index (χ1v) is 6.47. The number of carbonyl (C=O) groups excluding carboxylic acids is 1. The molecule has 0 saturated heterocycles. The Morgan fingerprint density at radius 3 is 2.78 bits per heavy atom. The molecule has 0 saturated carbocycles. The molecule has 0 fully saturated rings. The van der Waals surface area contributed by atoms with E-state index < -0.39 is 5.24 Å². The third-order valence-corrected chi connectivity index (χ3v) is 3.46. The van der Waals surface area contributed by atoms with Crippen LogP contribution >= 0.6 is 27.5 Å². The monoisotopic (exact) mass is 324 g/mol. The summed E-state index contributed by atoms with van der Waals surface area (Å²) in [6.07, 6.45) is 2.81. The molecule has 1 heterocycles. The molecule has 0 atom stereocenters. The van der Waals surface area contributed by atoms with Gasteiger partial charge in [-0.15, -0.1) is 0 Å². The molecular formula is C14H10BrClO2. The second-order valence-corrected chi connectivity index (χ2v) is 5.03. The van der Waals surface area contributed by atoms with E-state index in [2.05, 4.69) is 15.9 Å². The van der Waals surface area contributed by atoms with Crippen LogP contribution in [0.4, 0.5) is 0 Å². The van der Waals surface area contributed by atoms with E-state index in [0.29, 0.717) is 5.76 Å². The zero-order valence-corrected chi connectivity index (χ0v) is 12.0. The van der Waals surface area contributed by atoms with E-state index in [4.69, 9.17) is 16.0 Å². The largest absolute Gasteiger partial charge is 0.457 e. The highest BCUT2D eigenvalue weighted by atomic mass is 79.9. The highest BCUT2D eigenvalue weighted by Crippen LogP contribution is 2.26. The van der Waals surface area contributed by atoms with E-state index in [1.165, 1.54) is 6.08 Å². The predicted octanol–water partition coefficient (Wildman–Crippen LogP) is 4.80. The smallest absolute Gasteiger partial charge is 0.245 e. The summed E-state index contributed by atoms with van der Waals surface area (Å²) in [5, 5.41) is -0.521. The van der Waals surface area contributed by atoms with Crippen LogP contribution in [0.1, 0.15) is 11.3 Å². The fraction of sp³-hybridized carbons (Fsp3) is 0.0714. The van der Waals surface area contributed by atoms with Gasteiger partial charge in [-0.1, -0.05) is 22.0 Å². The summed E-state index contributed by atoms with van der Waals surface area (Å²) < 4.78 is 6.66. The van der Waals surface area contributed by atoms with Crippen LogP contribution in [0.2, 0.25) is 0 Å². The van der Waals surface area contributed by atoms with Gasteiger partial charge < -0.3 is 4.42 Å². The molecule has 0 bridgehead atoms. The Labute approximate surface area is 118 Å². The van der Waals surface area contributed by atoms with Gasteiger partial charge in [0.15, 0.2) is 0 Å². The minimum atomic E-state index is -0.521. The number of hydrogen-bond acceptors (Lipinski definition) is 2. The van der Waals surface area contributed by atoms with Crippen molar-refractivity contribution in [2.45, 2.75) is 6.92 Å². The molecule has 0 spiro atoms. The van der Waals surface area contributed by atoms with Crippen molar-refractivity contribution >= 4 is 38.8 Å². The van der Waals surface area contributed by atoms with Crippen LogP contribution in [-0.2, 0) is 4.79 Å². The Kier molecular flexibility index (Phi) is 4.04. The van der Waals surface area contributed by atoms with Crippen LogP contribution in [0.25, 0.3) is 17.4 Å². The zero-order valence-electron chi connectivity index (χ0n) is 9.61. The van der Waals surface area contributed by atoms with Crippen molar-refractivity contribution in [1.82, 2.24) is 0 Å². The Morgan fingerprint density at radius 2 is 2.11 bits per heavy atom. The van der Waals surface area contributed by atoms with Gasteiger partial charge in [0.1, 0.15) is 11.5 Å². The van der Waals surface area contributed by atoms with E-state index >= 15 is 0 Å². The molecule has 0 aliphatic heterocycles. The van der Waals surface area contributed by atoms with Crippen molar-refractivity contribution < 1.29 is 9.21 Å². The lowest BCUT2D eigenvalue weighted by molar-refractivity contribution is -0.107. The lowest BCUT2D eigenvalue weighted by Gasteiger charge is -2.01. The quantitative estimate of drug-likeness (QED) is 0.599. The van der Waals surface area contributed by atoms with Gasteiger partial charge in [-0.25, -0.2) is 0 Å². The second kappa shape index (κ2) is 5.55. The number of rotatable bonds is 3. The van der Waals surface area contributed by atoms with E-state index in [9.17, 15) is 4.79 Å². The minimum Gasteiger partial charge on any atom is -0.457 e. The minimum absolute atomic E-state index is 0.521. The summed E-state index contributed by atoms with van der Waals surface area (Å²) in [5.41, 5.74) is 2.13. The van der Waals surface area contributed by atoms with Crippen LogP contribution in [0, 0.1) is 6.92 Å². The van der Waals surface area contributed by atoms with E-state index in [0.717, 1.165) is 21.4 Å². The molecule has 1 aromatic carbocycles. The summed E-state index contributed by atoms with van der Waals surface area (Å²) >= 11 is 8.67. The first-order valence-electron chi connectivity index (χ1n) is 5.30. The number of aryl methyl sites for hydroxylation is 1. The number of halogens is 2. The van der Waals surface area contributed by atoms with Crippen molar-refractivity contribution in [1.29, 1.82) is 0 Å². The number of hydrogen-bond donors (Lipinski definition) is 0. The van der Waals surface area contributed by atoms with Gasteiger partial charge in [-0.05, 0) is 54.4 Å². The molecule has 0 radical (unpaired) electrons. The summed E-state index contributed by atoms with van der Waals surface area (Å²) in [7, 11) is 0. The second-order valence-electron chi connectivity index (χ2n) is 3.80. The fourth-order valence-corrected chi connectivity index (χ4v) is 1.85. The van der Waals surface area contributed by atoms with Crippen LogP contribution in [0.3, 0.4) is 0 Å². The maximum Gasteiger partial charge on any atom is 0.245 e. The van der Waals surface area contributed by atoms with E-state index in [1.807, 2.05) is 31.2 Å². The van der Waals surface area contributed by atoms with Gasteiger partial charge in [0.2, 0.25) is 5.24 Å². The van der Waals surface area contributed by atoms with Crippen molar-refractivity contribution in [2.75, 3.05) is 0 Å². The molecule has 2 nitrogen and oxygen atoms in total. The maximum atomic E-state index is 10.6. The van der Waals surface area contributed by atoms with Crippen LogP contribution in [0.15, 0.2) is 45.3 Å². The molecule has 0 aliphatic rings. The Morgan fingerprint density at radius 1 is 1.33 bits per heavy atom. The Balaban J connectivity index is 2.29.